The summed E-state index contributed by atoms with van der Waals surface area (Å²) in [5.41, 5.74) is 0. The second-order valence-electron chi connectivity index (χ2n) is 4.63. The van der Waals surface area contributed by atoms with E-state index in [0.29, 0.717) is 5.82 Å². The molecule has 0 saturated heterocycles. The van der Waals surface area contributed by atoms with Gasteiger partial charge in [0, 0.05) is 31.6 Å². The minimum Gasteiger partial charge on any atom is -0.370 e. The highest BCUT2D eigenvalue weighted by atomic mass is 32.2. The number of hydrogen-bond donors (Lipinski definition) is 1. The molecular formula is C13H23N3O2S2. The molecule has 0 radical (unpaired) electrons. The zero-order valence-electron chi connectivity index (χ0n) is 12.5. The van der Waals surface area contributed by atoms with Crippen LogP contribution in [0.3, 0.4) is 0 Å². The molecule has 0 aliphatic rings. The Kier molecular flexibility index (Phi) is 6.78. The first-order valence-corrected chi connectivity index (χ1v) is 9.43. The van der Waals surface area contributed by atoms with E-state index in [1.807, 2.05) is 13.2 Å². The lowest BCUT2D eigenvalue weighted by Gasteiger charge is -2.23. The number of rotatable bonds is 8. The fraction of sp³-hybridized carbons (Fsp3) is 0.615. The average molecular weight is 317 g/mol. The van der Waals surface area contributed by atoms with Crippen LogP contribution in [0.1, 0.15) is 20.3 Å². The Morgan fingerprint density at radius 1 is 1.45 bits per heavy atom. The van der Waals surface area contributed by atoms with Crippen LogP contribution in [0.4, 0.5) is 5.82 Å². The van der Waals surface area contributed by atoms with Gasteiger partial charge in [-0.15, -0.1) is 0 Å². The van der Waals surface area contributed by atoms with Gasteiger partial charge in [0.25, 0.3) is 0 Å². The maximum Gasteiger partial charge on any atom is 0.244 e. The molecular weight excluding hydrogens is 294 g/mol. The van der Waals surface area contributed by atoms with Gasteiger partial charge in [-0.1, -0.05) is 6.92 Å². The van der Waals surface area contributed by atoms with Gasteiger partial charge in [-0.2, -0.15) is 16.1 Å². The van der Waals surface area contributed by atoms with Crippen LogP contribution in [0.5, 0.6) is 0 Å². The summed E-state index contributed by atoms with van der Waals surface area (Å²) < 4.78 is 26.3. The topological polar surface area (TPSA) is 62.3 Å². The van der Waals surface area contributed by atoms with Crippen molar-refractivity contribution in [1.82, 2.24) is 9.29 Å². The van der Waals surface area contributed by atoms with Gasteiger partial charge in [0.1, 0.15) is 10.7 Å². The van der Waals surface area contributed by atoms with Crippen molar-refractivity contribution in [2.24, 2.45) is 0 Å². The SMILES string of the molecule is CCCNc1ccc(S(=O)(=O)N(C)C(C)CSC)cn1. The maximum absolute atomic E-state index is 12.4. The first-order valence-electron chi connectivity index (χ1n) is 6.60. The van der Waals surface area contributed by atoms with Crippen LogP contribution in [0.2, 0.25) is 0 Å². The van der Waals surface area contributed by atoms with E-state index in [0.717, 1.165) is 18.7 Å². The average Bonchev–Trinajstić information content (AvgIpc) is 2.45. The molecule has 0 amide bonds. The fourth-order valence-corrected chi connectivity index (χ4v) is 3.75. The second-order valence-corrected chi connectivity index (χ2v) is 7.54. The van der Waals surface area contributed by atoms with E-state index in [9.17, 15) is 8.42 Å². The molecule has 1 N–H and O–H groups in total. The van der Waals surface area contributed by atoms with Crippen molar-refractivity contribution >= 4 is 27.6 Å². The molecule has 0 aromatic carbocycles. The molecule has 114 valence electrons. The lowest BCUT2D eigenvalue weighted by atomic mass is 10.4. The van der Waals surface area contributed by atoms with Gasteiger partial charge < -0.3 is 5.32 Å². The van der Waals surface area contributed by atoms with Crippen molar-refractivity contribution in [3.63, 3.8) is 0 Å². The molecule has 1 aromatic heterocycles. The minimum atomic E-state index is -3.47. The van der Waals surface area contributed by atoms with Crippen LogP contribution >= 0.6 is 11.8 Å². The third-order valence-electron chi connectivity index (χ3n) is 3.00. The molecule has 1 rings (SSSR count). The Balaban J connectivity index is 2.87. The largest absolute Gasteiger partial charge is 0.370 e. The zero-order valence-corrected chi connectivity index (χ0v) is 14.1. The molecule has 0 aliphatic carbocycles. The van der Waals surface area contributed by atoms with E-state index < -0.39 is 10.0 Å². The Morgan fingerprint density at radius 3 is 2.65 bits per heavy atom. The first-order chi connectivity index (χ1) is 9.43. The van der Waals surface area contributed by atoms with Crippen LogP contribution in [-0.2, 0) is 10.0 Å². The molecule has 5 nitrogen and oxygen atoms in total. The van der Waals surface area contributed by atoms with Gasteiger partial charge in [-0.25, -0.2) is 13.4 Å². The maximum atomic E-state index is 12.4. The first kappa shape index (κ1) is 17.3. The van der Waals surface area contributed by atoms with Crippen molar-refractivity contribution < 1.29 is 8.42 Å². The summed E-state index contributed by atoms with van der Waals surface area (Å²) in [5, 5.41) is 3.12. The molecule has 0 aliphatic heterocycles. The molecule has 7 heteroatoms. The van der Waals surface area contributed by atoms with E-state index in [-0.39, 0.29) is 10.9 Å². The summed E-state index contributed by atoms with van der Waals surface area (Å²) in [6, 6.07) is 3.26. The van der Waals surface area contributed by atoms with Gasteiger partial charge in [0.2, 0.25) is 10.0 Å². The molecule has 1 unspecified atom stereocenters. The number of anilines is 1. The smallest absolute Gasteiger partial charge is 0.244 e. The van der Waals surface area contributed by atoms with Crippen molar-refractivity contribution in [3.05, 3.63) is 18.3 Å². The van der Waals surface area contributed by atoms with Crippen LogP contribution in [0.15, 0.2) is 23.2 Å². The molecule has 0 bridgehead atoms. The molecule has 0 saturated carbocycles. The van der Waals surface area contributed by atoms with Gasteiger partial charge >= 0.3 is 0 Å². The van der Waals surface area contributed by atoms with Gasteiger partial charge in [0.15, 0.2) is 0 Å². The lowest BCUT2D eigenvalue weighted by molar-refractivity contribution is 0.415. The molecule has 1 heterocycles. The number of hydrogen-bond acceptors (Lipinski definition) is 5. The molecule has 1 aromatic rings. The summed E-state index contributed by atoms with van der Waals surface area (Å²) in [5.74, 6) is 1.46. The number of nitrogens with one attached hydrogen (secondary N) is 1. The molecule has 0 fully saturated rings. The Labute approximate surface area is 126 Å². The van der Waals surface area contributed by atoms with Gasteiger partial charge in [-0.05, 0) is 31.7 Å². The summed E-state index contributed by atoms with van der Waals surface area (Å²) in [4.78, 5) is 4.38. The molecule has 20 heavy (non-hydrogen) atoms. The van der Waals surface area contributed by atoms with Crippen molar-refractivity contribution in [3.8, 4) is 0 Å². The van der Waals surface area contributed by atoms with Crippen molar-refractivity contribution in [1.29, 1.82) is 0 Å². The highest BCUT2D eigenvalue weighted by molar-refractivity contribution is 7.98. The van der Waals surface area contributed by atoms with Gasteiger partial charge in [-0.3, -0.25) is 0 Å². The van der Waals surface area contributed by atoms with Crippen LogP contribution in [0.25, 0.3) is 0 Å². The molecule has 0 spiro atoms. The number of aromatic nitrogens is 1. The van der Waals surface area contributed by atoms with E-state index in [2.05, 4.69) is 17.2 Å². The predicted molar refractivity (Wildman–Crippen MR) is 85.8 cm³/mol. The number of thioether (sulfide) groups is 1. The summed E-state index contributed by atoms with van der Waals surface area (Å²) in [6.07, 6.45) is 4.37. The standard InChI is InChI=1S/C13H23N3O2S2/c1-5-8-14-13-7-6-12(9-15-13)20(17,18)16(3)11(2)10-19-4/h6-7,9,11H,5,8,10H2,1-4H3,(H,14,15). The Bertz CT molecular complexity index is 503. The third-order valence-corrected chi connectivity index (χ3v) is 5.77. The van der Waals surface area contributed by atoms with Crippen LogP contribution in [-0.4, -0.2) is 49.3 Å². The van der Waals surface area contributed by atoms with E-state index in [1.165, 1.54) is 10.5 Å². The second kappa shape index (κ2) is 7.85. The molecule has 1 atom stereocenters. The Morgan fingerprint density at radius 2 is 2.15 bits per heavy atom. The normalized spacial score (nSPS) is 13.4. The number of sulfonamides is 1. The summed E-state index contributed by atoms with van der Waals surface area (Å²) in [7, 11) is -1.86. The highest BCUT2D eigenvalue weighted by Gasteiger charge is 2.25. The number of pyridine rings is 1. The summed E-state index contributed by atoms with van der Waals surface area (Å²) >= 11 is 1.63. The lowest BCUT2D eigenvalue weighted by Crippen LogP contribution is -2.36. The van der Waals surface area contributed by atoms with Crippen molar-refractivity contribution in [2.45, 2.75) is 31.2 Å². The summed E-state index contributed by atoms with van der Waals surface area (Å²) in [6.45, 7) is 4.79. The number of nitrogens with zero attached hydrogens (tertiary/aromatic N) is 2. The van der Waals surface area contributed by atoms with Crippen LogP contribution < -0.4 is 5.32 Å². The van der Waals surface area contributed by atoms with Gasteiger partial charge in [0.05, 0.1) is 0 Å². The van der Waals surface area contributed by atoms with E-state index in [1.54, 1.807) is 30.9 Å². The third kappa shape index (κ3) is 4.36. The quantitative estimate of drug-likeness (QED) is 0.797. The fourth-order valence-electron chi connectivity index (χ4n) is 1.64. The van der Waals surface area contributed by atoms with E-state index >= 15 is 0 Å². The highest BCUT2D eigenvalue weighted by Crippen LogP contribution is 2.18. The van der Waals surface area contributed by atoms with Crippen molar-refractivity contribution in [2.75, 3.05) is 30.9 Å². The monoisotopic (exact) mass is 317 g/mol. The Hall–Kier alpha value is -0.790. The van der Waals surface area contributed by atoms with E-state index in [4.69, 9.17) is 0 Å². The minimum absolute atomic E-state index is 0.0482. The zero-order chi connectivity index (χ0) is 15.2. The van der Waals surface area contributed by atoms with Crippen LogP contribution in [0, 0.1) is 0 Å². The predicted octanol–water partition coefficient (Wildman–Crippen LogP) is 2.28.